The van der Waals surface area contributed by atoms with E-state index in [9.17, 15) is 18.0 Å². The van der Waals surface area contributed by atoms with E-state index in [-0.39, 0.29) is 29.1 Å². The average molecular weight is 509 g/mol. The maximum Gasteiger partial charge on any atom is 0.453 e. The van der Waals surface area contributed by atoms with Crippen LogP contribution in [0.3, 0.4) is 0 Å². The van der Waals surface area contributed by atoms with Gasteiger partial charge >= 0.3 is 6.18 Å². The van der Waals surface area contributed by atoms with Crippen molar-refractivity contribution in [1.29, 1.82) is 0 Å². The van der Waals surface area contributed by atoms with Gasteiger partial charge in [-0.2, -0.15) is 13.2 Å². The van der Waals surface area contributed by atoms with Gasteiger partial charge in [0.15, 0.2) is 0 Å². The van der Waals surface area contributed by atoms with Gasteiger partial charge in [0.1, 0.15) is 23.7 Å². The molecular weight excluding hydrogens is 492 g/mol. The lowest BCUT2D eigenvalue weighted by Crippen LogP contribution is -2.15. The summed E-state index contributed by atoms with van der Waals surface area (Å²) >= 11 is 12.0. The van der Waals surface area contributed by atoms with Gasteiger partial charge in [-0.05, 0) is 66.9 Å². The third-order valence-electron chi connectivity index (χ3n) is 5.03. The fourth-order valence-electron chi connectivity index (χ4n) is 3.36. The van der Waals surface area contributed by atoms with E-state index < -0.39 is 23.1 Å². The summed E-state index contributed by atoms with van der Waals surface area (Å²) in [6.07, 6.45) is -4.97. The Hall–Kier alpha value is -3.16. The van der Waals surface area contributed by atoms with Gasteiger partial charge in [-0.1, -0.05) is 35.3 Å². The minimum atomic E-state index is -4.97. The molecule has 176 valence electrons. The smallest absolute Gasteiger partial charge is 0.453 e. The Kier molecular flexibility index (Phi) is 6.51. The van der Waals surface area contributed by atoms with Crippen LogP contribution in [0.5, 0.6) is 17.2 Å². The van der Waals surface area contributed by atoms with Crippen LogP contribution in [0.2, 0.25) is 10.0 Å². The van der Waals surface area contributed by atoms with Crippen LogP contribution in [0.1, 0.15) is 22.5 Å². The Labute approximate surface area is 202 Å². The number of halogens is 5. The molecule has 1 heterocycles. The van der Waals surface area contributed by atoms with E-state index in [1.165, 1.54) is 30.3 Å². The summed E-state index contributed by atoms with van der Waals surface area (Å²) in [7, 11) is 0. The summed E-state index contributed by atoms with van der Waals surface area (Å²) in [5.74, 6) is -2.21. The van der Waals surface area contributed by atoms with Crippen molar-refractivity contribution in [2.75, 3.05) is 0 Å². The van der Waals surface area contributed by atoms with Gasteiger partial charge < -0.3 is 13.9 Å². The van der Waals surface area contributed by atoms with Crippen molar-refractivity contribution < 1.29 is 27.1 Å². The van der Waals surface area contributed by atoms with Gasteiger partial charge in [0, 0.05) is 16.1 Å². The van der Waals surface area contributed by atoms with Crippen LogP contribution < -0.4 is 14.9 Å². The minimum absolute atomic E-state index is 0.0412. The molecule has 4 aromatic rings. The van der Waals surface area contributed by atoms with Crippen molar-refractivity contribution in [2.24, 2.45) is 0 Å². The molecule has 0 aliphatic carbocycles. The third-order valence-corrected chi connectivity index (χ3v) is 5.88. The molecule has 0 saturated heterocycles. The molecule has 0 radical (unpaired) electrons. The molecular formula is C25H17Cl2F3O4. The second-order valence-electron chi connectivity index (χ2n) is 7.63. The quantitative estimate of drug-likeness (QED) is 0.273. The van der Waals surface area contributed by atoms with E-state index in [0.717, 1.165) is 5.56 Å². The van der Waals surface area contributed by atoms with E-state index in [1.54, 1.807) is 38.1 Å². The van der Waals surface area contributed by atoms with Crippen molar-refractivity contribution in [2.45, 2.75) is 26.6 Å². The van der Waals surface area contributed by atoms with Crippen molar-refractivity contribution in [3.63, 3.8) is 0 Å². The zero-order valence-corrected chi connectivity index (χ0v) is 19.4. The van der Waals surface area contributed by atoms with Crippen LogP contribution in [0.4, 0.5) is 13.2 Å². The molecule has 0 saturated carbocycles. The summed E-state index contributed by atoms with van der Waals surface area (Å²) in [5, 5.41) is 0.946. The second kappa shape index (κ2) is 9.24. The van der Waals surface area contributed by atoms with Crippen LogP contribution in [0, 0.1) is 13.8 Å². The first-order valence-electron chi connectivity index (χ1n) is 10.0. The van der Waals surface area contributed by atoms with Gasteiger partial charge in [-0.25, -0.2) is 0 Å². The molecule has 3 aromatic carbocycles. The molecule has 0 amide bonds. The van der Waals surface area contributed by atoms with Crippen LogP contribution in [0.15, 0.2) is 63.8 Å². The highest BCUT2D eigenvalue weighted by atomic mass is 35.5. The van der Waals surface area contributed by atoms with Crippen molar-refractivity contribution in [1.82, 2.24) is 0 Å². The van der Waals surface area contributed by atoms with Crippen LogP contribution in [-0.4, -0.2) is 0 Å². The standard InChI is InChI=1S/C25H17Cl2F3O4/c1-13-9-18(10-14(2)21(13)27)33-23-22(31)19-8-7-17(11-20(19)34-24(23)25(28,29)30)32-12-15-3-5-16(26)6-4-15/h3-11H,12H2,1-2H3. The first-order valence-corrected chi connectivity index (χ1v) is 10.8. The maximum absolute atomic E-state index is 13.8. The summed E-state index contributed by atoms with van der Waals surface area (Å²) in [4.78, 5) is 13.0. The predicted molar refractivity (Wildman–Crippen MR) is 124 cm³/mol. The zero-order valence-electron chi connectivity index (χ0n) is 17.9. The van der Waals surface area contributed by atoms with E-state index in [1.807, 2.05) is 0 Å². The molecule has 0 atom stereocenters. The van der Waals surface area contributed by atoms with Crippen LogP contribution >= 0.6 is 23.2 Å². The van der Waals surface area contributed by atoms with Crippen LogP contribution in [-0.2, 0) is 12.8 Å². The van der Waals surface area contributed by atoms with Gasteiger partial charge in [-0.3, -0.25) is 4.79 Å². The number of aryl methyl sites for hydroxylation is 2. The van der Waals surface area contributed by atoms with Gasteiger partial charge in [0.25, 0.3) is 5.76 Å². The second-order valence-corrected chi connectivity index (χ2v) is 8.45. The number of ether oxygens (including phenoxy) is 2. The largest absolute Gasteiger partial charge is 0.489 e. The van der Waals surface area contributed by atoms with Crippen LogP contribution in [0.25, 0.3) is 11.0 Å². The Bertz CT molecular complexity index is 1400. The van der Waals surface area contributed by atoms with Gasteiger partial charge in [0.05, 0.1) is 5.39 Å². The molecule has 0 aliphatic heterocycles. The van der Waals surface area contributed by atoms with E-state index in [0.29, 0.717) is 21.2 Å². The first kappa shape index (κ1) is 24.0. The monoisotopic (exact) mass is 508 g/mol. The average Bonchev–Trinajstić information content (AvgIpc) is 2.78. The number of rotatable bonds is 5. The number of fused-ring (bicyclic) bond motifs is 1. The Morgan fingerprint density at radius 3 is 2.18 bits per heavy atom. The molecule has 1 aromatic heterocycles. The zero-order chi connectivity index (χ0) is 24.6. The van der Waals surface area contributed by atoms with Crippen molar-refractivity contribution in [3.05, 3.63) is 97.3 Å². The molecule has 4 rings (SSSR count). The molecule has 0 N–H and O–H groups in total. The fraction of sp³-hybridized carbons (Fsp3) is 0.160. The third kappa shape index (κ3) is 5.00. The molecule has 0 unspecified atom stereocenters. The summed E-state index contributed by atoms with van der Waals surface area (Å²) < 4.78 is 57.6. The maximum atomic E-state index is 13.8. The number of benzene rings is 3. The lowest BCUT2D eigenvalue weighted by atomic mass is 10.1. The number of alkyl halides is 3. The fourth-order valence-corrected chi connectivity index (χ4v) is 3.59. The molecule has 4 nitrogen and oxygen atoms in total. The van der Waals surface area contributed by atoms with Gasteiger partial charge in [0.2, 0.25) is 11.2 Å². The minimum Gasteiger partial charge on any atom is -0.489 e. The first-order chi connectivity index (χ1) is 16.0. The molecule has 9 heteroatoms. The Balaban J connectivity index is 1.73. The number of hydrogen-bond acceptors (Lipinski definition) is 4. The number of hydrogen-bond donors (Lipinski definition) is 0. The Morgan fingerprint density at radius 1 is 0.912 bits per heavy atom. The summed E-state index contributed by atoms with van der Waals surface area (Å²) in [5.41, 5.74) is 0.764. The summed E-state index contributed by atoms with van der Waals surface area (Å²) in [6, 6.07) is 13.9. The van der Waals surface area contributed by atoms with E-state index >= 15 is 0 Å². The van der Waals surface area contributed by atoms with Crippen molar-refractivity contribution >= 4 is 34.2 Å². The highest BCUT2D eigenvalue weighted by Gasteiger charge is 2.40. The molecule has 34 heavy (non-hydrogen) atoms. The van der Waals surface area contributed by atoms with E-state index in [2.05, 4.69) is 0 Å². The molecule has 0 aliphatic rings. The SMILES string of the molecule is Cc1cc(Oc2c(C(F)(F)F)oc3cc(OCc4ccc(Cl)cc4)ccc3c2=O)cc(C)c1Cl. The normalized spacial score (nSPS) is 11.6. The topological polar surface area (TPSA) is 48.7 Å². The highest BCUT2D eigenvalue weighted by Crippen LogP contribution is 2.39. The summed E-state index contributed by atoms with van der Waals surface area (Å²) in [6.45, 7) is 3.51. The lowest BCUT2D eigenvalue weighted by molar-refractivity contribution is -0.154. The van der Waals surface area contributed by atoms with Gasteiger partial charge in [-0.15, -0.1) is 0 Å². The lowest BCUT2D eigenvalue weighted by Gasteiger charge is -2.15. The highest BCUT2D eigenvalue weighted by molar-refractivity contribution is 6.32. The molecule has 0 spiro atoms. The molecule has 0 fully saturated rings. The Morgan fingerprint density at radius 2 is 1.56 bits per heavy atom. The molecule has 0 bridgehead atoms. The van der Waals surface area contributed by atoms with Crippen molar-refractivity contribution in [3.8, 4) is 17.2 Å². The predicted octanol–water partition coefficient (Wildman–Crippen LogP) is 8.11. The van der Waals surface area contributed by atoms with E-state index in [4.69, 9.17) is 37.1 Å².